The van der Waals surface area contributed by atoms with E-state index in [1.54, 1.807) is 33.7 Å². The van der Waals surface area contributed by atoms with E-state index in [2.05, 4.69) is 15.2 Å². The molecule has 3 atom stereocenters. The van der Waals surface area contributed by atoms with Gasteiger partial charge in [-0.05, 0) is 55.2 Å². The van der Waals surface area contributed by atoms with Crippen molar-refractivity contribution in [1.29, 1.82) is 0 Å². The van der Waals surface area contributed by atoms with Crippen LogP contribution in [0.1, 0.15) is 46.2 Å². The fourth-order valence-electron chi connectivity index (χ4n) is 4.99. The minimum atomic E-state index is -4.35. The average molecular weight is 415 g/mol. The van der Waals surface area contributed by atoms with Crippen LogP contribution in [0.2, 0.25) is 0 Å². The highest BCUT2D eigenvalue weighted by molar-refractivity contribution is 5.91. The summed E-state index contributed by atoms with van der Waals surface area (Å²) in [6, 6.07) is 7.64. The molecule has 3 aromatic rings. The van der Waals surface area contributed by atoms with Gasteiger partial charge >= 0.3 is 6.18 Å². The smallest absolute Gasteiger partial charge is 0.335 e. The lowest BCUT2D eigenvalue weighted by atomic mass is 9.91. The van der Waals surface area contributed by atoms with Gasteiger partial charge < -0.3 is 4.90 Å². The Morgan fingerprint density at radius 2 is 1.77 bits per heavy atom. The average Bonchev–Trinajstić information content (AvgIpc) is 3.39. The molecule has 0 radical (unpaired) electrons. The number of aryl methyl sites for hydroxylation is 1. The SMILES string of the molecule is Cc1ccn2c(C(=O)N3C[C@H]4CC(c5ccccc5C(F)(F)F)C[C@H]4C3)nnc2n1. The Balaban J connectivity index is 1.32. The van der Waals surface area contributed by atoms with E-state index in [4.69, 9.17) is 0 Å². The standard InChI is InChI=1S/C21H20F3N5O/c1-12-6-7-29-18(26-27-20(29)25-12)19(30)28-10-14-8-13(9-15(14)11-28)16-4-2-3-5-17(16)21(22,23)24/h2-7,13-15H,8-11H2,1H3/t13?,14-,15+. The van der Waals surface area contributed by atoms with Gasteiger partial charge in [-0.1, -0.05) is 18.2 Å². The summed E-state index contributed by atoms with van der Waals surface area (Å²) in [5.74, 6) is 0.642. The Morgan fingerprint density at radius 1 is 1.07 bits per heavy atom. The molecule has 1 saturated heterocycles. The molecule has 156 valence electrons. The van der Waals surface area contributed by atoms with Gasteiger partial charge in [-0.2, -0.15) is 13.2 Å². The molecule has 1 aliphatic heterocycles. The lowest BCUT2D eigenvalue weighted by Gasteiger charge is -2.21. The molecule has 5 rings (SSSR count). The maximum absolute atomic E-state index is 13.4. The van der Waals surface area contributed by atoms with Crippen LogP contribution in [0.4, 0.5) is 13.2 Å². The van der Waals surface area contributed by atoms with Gasteiger partial charge in [0.15, 0.2) is 0 Å². The van der Waals surface area contributed by atoms with E-state index in [0.717, 1.165) is 11.8 Å². The van der Waals surface area contributed by atoms with Gasteiger partial charge in [-0.3, -0.25) is 9.20 Å². The van der Waals surface area contributed by atoms with Crippen LogP contribution in [0, 0.1) is 18.8 Å². The van der Waals surface area contributed by atoms with Crippen LogP contribution in [0.25, 0.3) is 5.78 Å². The maximum Gasteiger partial charge on any atom is 0.416 e. The van der Waals surface area contributed by atoms with Crippen molar-refractivity contribution in [3.8, 4) is 0 Å². The predicted molar refractivity (Wildman–Crippen MR) is 102 cm³/mol. The Labute approximate surface area is 170 Å². The van der Waals surface area contributed by atoms with E-state index in [0.29, 0.717) is 37.3 Å². The van der Waals surface area contributed by atoms with Gasteiger partial charge in [-0.15, -0.1) is 10.2 Å². The molecule has 1 saturated carbocycles. The van der Waals surface area contributed by atoms with Crippen LogP contribution in [-0.2, 0) is 6.18 Å². The normalized spacial score (nSPS) is 23.9. The van der Waals surface area contributed by atoms with Crippen LogP contribution in [-0.4, -0.2) is 43.5 Å². The number of benzene rings is 1. The second-order valence-electron chi connectivity index (χ2n) is 8.25. The number of aromatic nitrogens is 4. The first-order valence-corrected chi connectivity index (χ1v) is 9.95. The number of fused-ring (bicyclic) bond motifs is 2. The molecule has 1 amide bonds. The number of hydrogen-bond donors (Lipinski definition) is 0. The van der Waals surface area contributed by atoms with Crippen LogP contribution in [0.3, 0.4) is 0 Å². The van der Waals surface area contributed by atoms with Crippen LogP contribution < -0.4 is 0 Å². The molecule has 1 unspecified atom stereocenters. The minimum Gasteiger partial charge on any atom is -0.335 e. The molecule has 30 heavy (non-hydrogen) atoms. The van der Waals surface area contributed by atoms with Crippen molar-refractivity contribution in [3.05, 3.63) is 59.2 Å². The summed E-state index contributed by atoms with van der Waals surface area (Å²) in [7, 11) is 0. The lowest BCUT2D eigenvalue weighted by Crippen LogP contribution is -2.31. The highest BCUT2D eigenvalue weighted by Crippen LogP contribution is 2.48. The number of nitrogens with zero attached hydrogens (tertiary/aromatic N) is 5. The number of alkyl halides is 3. The van der Waals surface area contributed by atoms with Crippen molar-refractivity contribution in [2.24, 2.45) is 11.8 Å². The Morgan fingerprint density at radius 3 is 2.47 bits per heavy atom. The second kappa shape index (κ2) is 6.78. The van der Waals surface area contributed by atoms with Crippen molar-refractivity contribution < 1.29 is 18.0 Å². The molecule has 3 heterocycles. The minimum absolute atomic E-state index is 0.129. The van der Waals surface area contributed by atoms with Crippen molar-refractivity contribution in [2.45, 2.75) is 31.9 Å². The molecule has 1 aliphatic carbocycles. The van der Waals surface area contributed by atoms with Crippen LogP contribution in [0.5, 0.6) is 0 Å². The fraction of sp³-hybridized carbons (Fsp3) is 0.429. The van der Waals surface area contributed by atoms with E-state index >= 15 is 0 Å². The third-order valence-electron chi connectivity index (χ3n) is 6.35. The first-order valence-electron chi connectivity index (χ1n) is 9.95. The number of rotatable bonds is 2. The maximum atomic E-state index is 13.4. The summed E-state index contributed by atoms with van der Waals surface area (Å²) >= 11 is 0. The van der Waals surface area contributed by atoms with Crippen molar-refractivity contribution in [2.75, 3.05) is 13.1 Å². The molecule has 0 N–H and O–H groups in total. The molecular weight excluding hydrogens is 395 g/mol. The first kappa shape index (κ1) is 19.0. The molecule has 1 aromatic carbocycles. The fourth-order valence-corrected chi connectivity index (χ4v) is 4.99. The van der Waals surface area contributed by atoms with Gasteiger partial charge in [0.05, 0.1) is 5.56 Å². The zero-order chi connectivity index (χ0) is 21.0. The molecule has 9 heteroatoms. The van der Waals surface area contributed by atoms with Gasteiger partial charge in [-0.25, -0.2) is 4.98 Å². The number of likely N-dealkylation sites (tertiary alicyclic amines) is 1. The monoisotopic (exact) mass is 415 g/mol. The summed E-state index contributed by atoms with van der Waals surface area (Å²) in [6.45, 7) is 2.90. The molecule has 2 aliphatic rings. The Kier molecular flexibility index (Phi) is 4.30. The third-order valence-corrected chi connectivity index (χ3v) is 6.35. The summed E-state index contributed by atoms with van der Waals surface area (Å²) in [5, 5.41) is 7.99. The molecule has 0 spiro atoms. The topological polar surface area (TPSA) is 63.4 Å². The number of halogens is 3. The summed E-state index contributed by atoms with van der Waals surface area (Å²) < 4.78 is 41.8. The van der Waals surface area contributed by atoms with Gasteiger partial charge in [0.25, 0.3) is 11.7 Å². The van der Waals surface area contributed by atoms with Crippen molar-refractivity contribution in [1.82, 2.24) is 24.5 Å². The van der Waals surface area contributed by atoms with Crippen LogP contribution in [0.15, 0.2) is 36.5 Å². The van der Waals surface area contributed by atoms with E-state index < -0.39 is 11.7 Å². The molecular formula is C21H20F3N5O. The van der Waals surface area contributed by atoms with Gasteiger partial charge in [0.2, 0.25) is 5.82 Å². The van der Waals surface area contributed by atoms with E-state index in [-0.39, 0.29) is 29.5 Å². The third kappa shape index (κ3) is 3.12. The predicted octanol–water partition coefficient (Wildman–Crippen LogP) is 3.72. The molecule has 2 aromatic heterocycles. The molecule has 0 bridgehead atoms. The van der Waals surface area contributed by atoms with Crippen LogP contribution >= 0.6 is 0 Å². The number of carbonyl (C=O) groups excluding carboxylic acids is 1. The first-order chi connectivity index (χ1) is 14.3. The summed E-state index contributed by atoms with van der Waals surface area (Å²) in [5.41, 5.74) is 0.623. The van der Waals surface area contributed by atoms with Gasteiger partial charge in [0, 0.05) is 25.0 Å². The van der Waals surface area contributed by atoms with E-state index in [1.165, 1.54) is 6.07 Å². The summed E-state index contributed by atoms with van der Waals surface area (Å²) in [6.07, 6.45) is -1.31. The zero-order valence-electron chi connectivity index (χ0n) is 16.3. The Hall–Kier alpha value is -2.97. The highest BCUT2D eigenvalue weighted by Gasteiger charge is 2.45. The number of carbonyl (C=O) groups is 1. The molecule has 2 fully saturated rings. The van der Waals surface area contributed by atoms with Crippen molar-refractivity contribution >= 4 is 11.7 Å². The van der Waals surface area contributed by atoms with E-state index in [1.807, 2.05) is 6.92 Å². The van der Waals surface area contributed by atoms with E-state index in [9.17, 15) is 18.0 Å². The highest BCUT2D eigenvalue weighted by atomic mass is 19.4. The quantitative estimate of drug-likeness (QED) is 0.640. The second-order valence-corrected chi connectivity index (χ2v) is 8.25. The lowest BCUT2D eigenvalue weighted by molar-refractivity contribution is -0.138. The number of hydrogen-bond acceptors (Lipinski definition) is 4. The zero-order valence-corrected chi connectivity index (χ0v) is 16.3. The van der Waals surface area contributed by atoms with Crippen molar-refractivity contribution in [3.63, 3.8) is 0 Å². The summed E-state index contributed by atoms with van der Waals surface area (Å²) in [4.78, 5) is 19.0. The largest absolute Gasteiger partial charge is 0.416 e. The molecule has 6 nitrogen and oxygen atoms in total. The van der Waals surface area contributed by atoms with Gasteiger partial charge in [0.1, 0.15) is 0 Å². The Bertz CT molecular complexity index is 1110. The number of amides is 1.